The molecule has 0 unspecified atom stereocenters. The van der Waals surface area contributed by atoms with Crippen molar-refractivity contribution >= 4 is 12.0 Å². The van der Waals surface area contributed by atoms with E-state index in [9.17, 15) is 23.7 Å². The number of nitro groups is 1. The molecule has 0 radical (unpaired) electrons. The molecule has 1 heterocycles. The second kappa shape index (κ2) is 3.86. The van der Waals surface area contributed by atoms with E-state index in [1.165, 1.54) is 0 Å². The molecule has 0 fully saturated rings. The van der Waals surface area contributed by atoms with Gasteiger partial charge in [-0.1, -0.05) is 0 Å². The number of hydrogen-bond donors (Lipinski definition) is 0. The van der Waals surface area contributed by atoms with Crippen LogP contribution in [0.1, 0.15) is 22.5 Å². The quantitative estimate of drug-likeness (QED) is 0.425. The summed E-state index contributed by atoms with van der Waals surface area (Å²) in [5, 5.41) is 10.2. The molecule has 0 atom stereocenters. The predicted molar refractivity (Wildman–Crippen MR) is 41.2 cm³/mol. The lowest BCUT2D eigenvalue weighted by atomic mass is 10.2. The summed E-state index contributed by atoms with van der Waals surface area (Å²) in [6, 6.07) is 0.765. The van der Waals surface area contributed by atoms with Gasteiger partial charge >= 0.3 is 0 Å². The summed E-state index contributed by atoms with van der Waals surface area (Å²) in [7, 11) is 0. The van der Waals surface area contributed by atoms with Crippen LogP contribution in [0.15, 0.2) is 12.3 Å². The van der Waals surface area contributed by atoms with Crippen molar-refractivity contribution in [2.24, 2.45) is 0 Å². The number of aromatic nitrogens is 1. The molecule has 0 aliphatic heterocycles. The number of carbonyl (C=O) groups excluding carboxylic acids is 1. The minimum absolute atomic E-state index is 0.113. The van der Waals surface area contributed by atoms with Crippen LogP contribution in [0, 0.1) is 10.1 Å². The Bertz CT molecular complexity index is 381. The van der Waals surface area contributed by atoms with Gasteiger partial charge in [0.25, 0.3) is 12.1 Å². The van der Waals surface area contributed by atoms with Gasteiger partial charge in [-0.3, -0.25) is 14.9 Å². The zero-order valence-corrected chi connectivity index (χ0v) is 6.68. The van der Waals surface area contributed by atoms with Gasteiger partial charge in [0.15, 0.2) is 6.29 Å². The number of carbonyl (C=O) groups is 1. The smallest absolute Gasteiger partial charge is 0.288 e. The highest BCUT2D eigenvalue weighted by Gasteiger charge is 2.18. The van der Waals surface area contributed by atoms with Crippen LogP contribution in [-0.4, -0.2) is 16.2 Å². The molecule has 1 rings (SSSR count). The van der Waals surface area contributed by atoms with E-state index in [4.69, 9.17) is 0 Å². The fraction of sp³-hybridized carbons (Fsp3) is 0.143. The van der Waals surface area contributed by atoms with Crippen molar-refractivity contribution in [2.75, 3.05) is 0 Å². The van der Waals surface area contributed by atoms with E-state index in [-0.39, 0.29) is 6.29 Å². The van der Waals surface area contributed by atoms with E-state index in [0.717, 1.165) is 6.07 Å². The van der Waals surface area contributed by atoms with Crippen LogP contribution in [0.3, 0.4) is 0 Å². The third-order valence-electron chi connectivity index (χ3n) is 1.48. The molecular formula is C7H4F2N2O3. The average Bonchev–Trinajstić information content (AvgIpc) is 2.16. The van der Waals surface area contributed by atoms with Crippen LogP contribution in [-0.2, 0) is 0 Å². The summed E-state index contributed by atoms with van der Waals surface area (Å²) in [5.41, 5.74) is -1.70. The van der Waals surface area contributed by atoms with Crippen molar-refractivity contribution in [3.8, 4) is 0 Å². The molecule has 0 saturated heterocycles. The molecule has 7 heteroatoms. The molecule has 5 nitrogen and oxygen atoms in total. The molecule has 0 aliphatic carbocycles. The van der Waals surface area contributed by atoms with Crippen molar-refractivity contribution in [1.29, 1.82) is 0 Å². The average molecular weight is 202 g/mol. The SMILES string of the molecule is O=Cc1cc([N+](=O)[O-])cnc1C(F)F. The minimum atomic E-state index is -2.92. The molecule has 0 bridgehead atoms. The molecule has 1 aromatic heterocycles. The summed E-state index contributed by atoms with van der Waals surface area (Å²) in [6.45, 7) is 0. The van der Waals surface area contributed by atoms with Gasteiger partial charge < -0.3 is 0 Å². The summed E-state index contributed by atoms with van der Waals surface area (Å²) >= 11 is 0. The first-order valence-corrected chi connectivity index (χ1v) is 3.44. The van der Waals surface area contributed by atoms with Crippen LogP contribution in [0.4, 0.5) is 14.5 Å². The fourth-order valence-electron chi connectivity index (χ4n) is 0.857. The fourth-order valence-corrected chi connectivity index (χ4v) is 0.857. The molecule has 0 spiro atoms. The highest BCUT2D eigenvalue weighted by molar-refractivity contribution is 5.77. The molecule has 14 heavy (non-hydrogen) atoms. The first-order chi connectivity index (χ1) is 6.56. The van der Waals surface area contributed by atoms with Crippen LogP contribution >= 0.6 is 0 Å². The van der Waals surface area contributed by atoms with Gasteiger partial charge in [0.05, 0.1) is 4.92 Å². The number of halogens is 2. The zero-order valence-electron chi connectivity index (χ0n) is 6.68. The molecule has 74 valence electrons. The largest absolute Gasteiger partial charge is 0.298 e. The van der Waals surface area contributed by atoms with E-state index in [1.54, 1.807) is 0 Å². The number of alkyl halides is 2. The van der Waals surface area contributed by atoms with E-state index >= 15 is 0 Å². The topological polar surface area (TPSA) is 73.1 Å². The highest BCUT2D eigenvalue weighted by Crippen LogP contribution is 2.22. The zero-order chi connectivity index (χ0) is 10.7. The van der Waals surface area contributed by atoms with Crippen molar-refractivity contribution < 1.29 is 18.5 Å². The third-order valence-corrected chi connectivity index (χ3v) is 1.48. The predicted octanol–water partition coefficient (Wildman–Crippen LogP) is 1.74. The van der Waals surface area contributed by atoms with Crippen molar-refractivity contribution in [3.05, 3.63) is 33.6 Å². The van der Waals surface area contributed by atoms with Crippen LogP contribution in [0.5, 0.6) is 0 Å². The monoisotopic (exact) mass is 202 g/mol. The normalized spacial score (nSPS) is 10.2. The van der Waals surface area contributed by atoms with E-state index in [0.29, 0.717) is 6.20 Å². The van der Waals surface area contributed by atoms with Gasteiger partial charge in [-0.25, -0.2) is 13.8 Å². The molecule has 0 amide bonds. The van der Waals surface area contributed by atoms with Crippen LogP contribution < -0.4 is 0 Å². The van der Waals surface area contributed by atoms with E-state index in [1.807, 2.05) is 0 Å². The minimum Gasteiger partial charge on any atom is -0.298 e. The van der Waals surface area contributed by atoms with Gasteiger partial charge in [-0.15, -0.1) is 0 Å². The van der Waals surface area contributed by atoms with Gasteiger partial charge in [0, 0.05) is 11.6 Å². The number of aldehydes is 1. The number of nitrogens with zero attached hydrogens (tertiary/aromatic N) is 2. The number of rotatable bonds is 3. The van der Waals surface area contributed by atoms with Crippen molar-refractivity contribution in [3.63, 3.8) is 0 Å². The number of pyridine rings is 1. The summed E-state index contributed by atoms with van der Waals surface area (Å²) in [5.74, 6) is 0. The van der Waals surface area contributed by atoms with Gasteiger partial charge in [0.2, 0.25) is 0 Å². The Labute approximate surface area is 76.5 Å². The Balaban J connectivity index is 3.25. The Morgan fingerprint density at radius 1 is 1.57 bits per heavy atom. The maximum absolute atomic E-state index is 12.2. The summed E-state index contributed by atoms with van der Waals surface area (Å²) in [6.07, 6.45) is -2.12. The summed E-state index contributed by atoms with van der Waals surface area (Å²) < 4.78 is 24.3. The van der Waals surface area contributed by atoms with Gasteiger partial charge in [0.1, 0.15) is 11.9 Å². The number of hydrogen-bond acceptors (Lipinski definition) is 4. The van der Waals surface area contributed by atoms with Crippen LogP contribution in [0.2, 0.25) is 0 Å². The van der Waals surface area contributed by atoms with Gasteiger partial charge in [-0.05, 0) is 0 Å². The second-order valence-corrected chi connectivity index (χ2v) is 2.34. The molecular weight excluding hydrogens is 198 g/mol. The standard InChI is InChI=1S/C7H4F2N2O3/c8-7(9)6-4(3-12)1-5(2-10-6)11(13)14/h1-3,7H. The highest BCUT2D eigenvalue weighted by atomic mass is 19.3. The second-order valence-electron chi connectivity index (χ2n) is 2.34. The molecule has 0 saturated carbocycles. The molecule has 0 aliphatic rings. The van der Waals surface area contributed by atoms with Gasteiger partial charge in [-0.2, -0.15) is 0 Å². The van der Waals surface area contributed by atoms with Crippen molar-refractivity contribution in [2.45, 2.75) is 6.43 Å². The first kappa shape index (κ1) is 10.2. The Kier molecular flexibility index (Phi) is 2.80. The molecule has 0 N–H and O–H groups in total. The Hall–Kier alpha value is -1.92. The molecule has 1 aromatic rings. The lowest BCUT2D eigenvalue weighted by molar-refractivity contribution is -0.385. The van der Waals surface area contributed by atoms with E-state index in [2.05, 4.69) is 4.98 Å². The summed E-state index contributed by atoms with van der Waals surface area (Å²) in [4.78, 5) is 22.9. The Morgan fingerprint density at radius 3 is 2.64 bits per heavy atom. The Morgan fingerprint density at radius 2 is 2.21 bits per heavy atom. The maximum atomic E-state index is 12.2. The lowest BCUT2D eigenvalue weighted by Gasteiger charge is -2.00. The maximum Gasteiger partial charge on any atom is 0.288 e. The molecule has 0 aromatic carbocycles. The first-order valence-electron chi connectivity index (χ1n) is 3.44. The van der Waals surface area contributed by atoms with Crippen LogP contribution in [0.25, 0.3) is 0 Å². The van der Waals surface area contributed by atoms with E-state index < -0.39 is 28.3 Å². The third kappa shape index (κ3) is 1.87. The lowest BCUT2D eigenvalue weighted by Crippen LogP contribution is -1.99. The van der Waals surface area contributed by atoms with Crippen molar-refractivity contribution in [1.82, 2.24) is 4.98 Å².